The number of carboxylic acid groups (broad SMARTS) is 1. The van der Waals surface area contributed by atoms with Gasteiger partial charge in [-0.05, 0) is 42.6 Å². The summed E-state index contributed by atoms with van der Waals surface area (Å²) in [5.74, 6) is -1.76. The van der Waals surface area contributed by atoms with Crippen molar-refractivity contribution in [1.29, 1.82) is 0 Å². The standard InChI is InChI=1S/C21H24N2O3S/c1-11(2)12-3-5-13(6-4-12)16-10-27-21(22-16)23-19(24)17-14-7-8-15(9-14)18(17)20(25)26/h3-6,10-11,14-15,17-18H,7-9H2,1-2H3,(H,25,26)(H,22,23,24)/p-1/t14-,15+,17-,18+/m1/s1. The highest BCUT2D eigenvalue weighted by molar-refractivity contribution is 7.14. The molecule has 1 aromatic carbocycles. The van der Waals surface area contributed by atoms with E-state index in [0.717, 1.165) is 30.5 Å². The van der Waals surface area contributed by atoms with Crippen LogP contribution < -0.4 is 10.4 Å². The SMILES string of the molecule is CC(C)c1ccc(-c2csc(NC(=O)[C@@H]3[C@@H]4CC[C@@H](C4)[C@@H]3C(=O)[O-])n2)cc1. The van der Waals surface area contributed by atoms with Crippen molar-refractivity contribution in [3.8, 4) is 11.3 Å². The highest BCUT2D eigenvalue weighted by Gasteiger charge is 2.51. The van der Waals surface area contributed by atoms with Crippen molar-refractivity contribution < 1.29 is 14.7 Å². The molecule has 27 heavy (non-hydrogen) atoms. The fourth-order valence-corrected chi connectivity index (χ4v) is 5.42. The summed E-state index contributed by atoms with van der Waals surface area (Å²) in [5, 5.41) is 16.8. The summed E-state index contributed by atoms with van der Waals surface area (Å²) < 4.78 is 0. The number of hydrogen-bond acceptors (Lipinski definition) is 5. The van der Waals surface area contributed by atoms with Gasteiger partial charge in [-0.2, -0.15) is 0 Å². The van der Waals surface area contributed by atoms with Crippen LogP contribution in [0, 0.1) is 23.7 Å². The number of anilines is 1. The van der Waals surface area contributed by atoms with E-state index < -0.39 is 17.8 Å². The minimum Gasteiger partial charge on any atom is -0.550 e. The van der Waals surface area contributed by atoms with Gasteiger partial charge >= 0.3 is 0 Å². The van der Waals surface area contributed by atoms with Gasteiger partial charge < -0.3 is 15.2 Å². The summed E-state index contributed by atoms with van der Waals surface area (Å²) in [6, 6.07) is 8.27. The van der Waals surface area contributed by atoms with Crippen LogP contribution in [0.15, 0.2) is 29.6 Å². The Balaban J connectivity index is 1.47. The van der Waals surface area contributed by atoms with Gasteiger partial charge in [0, 0.05) is 28.7 Å². The Labute approximate surface area is 162 Å². The van der Waals surface area contributed by atoms with E-state index >= 15 is 0 Å². The second-order valence-corrected chi connectivity index (χ2v) is 8.87. The Morgan fingerprint density at radius 2 is 1.81 bits per heavy atom. The first-order valence-electron chi connectivity index (χ1n) is 9.51. The van der Waals surface area contributed by atoms with Crippen molar-refractivity contribution in [3.05, 3.63) is 35.2 Å². The van der Waals surface area contributed by atoms with E-state index in [2.05, 4.69) is 36.3 Å². The number of thiazole rings is 1. The van der Waals surface area contributed by atoms with Crippen LogP contribution in [0.3, 0.4) is 0 Å². The first-order chi connectivity index (χ1) is 12.9. The zero-order chi connectivity index (χ0) is 19.1. The topological polar surface area (TPSA) is 82.1 Å². The third kappa shape index (κ3) is 3.38. The number of carbonyl (C=O) groups is 2. The highest BCUT2D eigenvalue weighted by Crippen LogP contribution is 2.52. The first-order valence-corrected chi connectivity index (χ1v) is 10.4. The van der Waals surface area contributed by atoms with Gasteiger partial charge in [0.2, 0.25) is 5.91 Å². The summed E-state index contributed by atoms with van der Waals surface area (Å²) in [5.41, 5.74) is 3.09. The van der Waals surface area contributed by atoms with Crippen molar-refractivity contribution in [2.75, 3.05) is 5.32 Å². The van der Waals surface area contributed by atoms with Crippen LogP contribution in [0.2, 0.25) is 0 Å². The zero-order valence-corrected chi connectivity index (χ0v) is 16.3. The first kappa shape index (κ1) is 18.2. The summed E-state index contributed by atoms with van der Waals surface area (Å²) in [6.45, 7) is 4.31. The molecular formula is C21H23N2O3S-. The molecule has 0 saturated heterocycles. The third-order valence-electron chi connectivity index (χ3n) is 6.10. The number of aliphatic carboxylic acids is 1. The van der Waals surface area contributed by atoms with E-state index in [-0.39, 0.29) is 17.7 Å². The molecule has 1 aromatic heterocycles. The number of nitrogens with one attached hydrogen (secondary N) is 1. The second kappa shape index (κ2) is 7.08. The molecule has 4 rings (SSSR count). The maximum absolute atomic E-state index is 12.7. The zero-order valence-electron chi connectivity index (χ0n) is 15.5. The second-order valence-electron chi connectivity index (χ2n) is 8.01. The van der Waals surface area contributed by atoms with Crippen molar-refractivity contribution in [3.63, 3.8) is 0 Å². The van der Waals surface area contributed by atoms with Gasteiger partial charge in [0.15, 0.2) is 5.13 Å². The minimum atomic E-state index is -1.09. The molecule has 6 heteroatoms. The largest absolute Gasteiger partial charge is 0.550 e. The quantitative estimate of drug-likeness (QED) is 0.859. The Kier molecular flexibility index (Phi) is 4.76. The molecule has 2 aliphatic carbocycles. The van der Waals surface area contributed by atoms with Crippen molar-refractivity contribution in [2.45, 2.75) is 39.0 Å². The van der Waals surface area contributed by atoms with E-state index in [9.17, 15) is 14.7 Å². The summed E-state index contributed by atoms with van der Waals surface area (Å²) in [6.07, 6.45) is 2.64. The lowest BCUT2D eigenvalue weighted by Gasteiger charge is -2.30. The molecule has 142 valence electrons. The summed E-state index contributed by atoms with van der Waals surface area (Å²) in [4.78, 5) is 28.8. The number of benzene rings is 1. The summed E-state index contributed by atoms with van der Waals surface area (Å²) in [7, 11) is 0. The molecule has 5 nitrogen and oxygen atoms in total. The molecule has 0 unspecified atom stereocenters. The Morgan fingerprint density at radius 1 is 1.15 bits per heavy atom. The predicted octanol–water partition coefficient (Wildman–Crippen LogP) is 3.28. The molecule has 0 radical (unpaired) electrons. The van der Waals surface area contributed by atoms with Crippen LogP contribution in [0.25, 0.3) is 11.3 Å². The van der Waals surface area contributed by atoms with Crippen molar-refractivity contribution in [2.24, 2.45) is 23.7 Å². The van der Waals surface area contributed by atoms with Crippen molar-refractivity contribution >= 4 is 28.3 Å². The van der Waals surface area contributed by atoms with Gasteiger partial charge in [-0.3, -0.25) is 4.79 Å². The van der Waals surface area contributed by atoms with Crippen LogP contribution in [-0.2, 0) is 9.59 Å². The number of aromatic nitrogens is 1. The molecule has 1 amide bonds. The number of amides is 1. The number of rotatable bonds is 5. The fraction of sp³-hybridized carbons (Fsp3) is 0.476. The Bertz CT molecular complexity index is 859. The molecule has 4 atom stereocenters. The minimum absolute atomic E-state index is 0.0853. The number of carbonyl (C=O) groups excluding carboxylic acids is 2. The lowest BCUT2D eigenvalue weighted by atomic mass is 9.79. The van der Waals surface area contributed by atoms with E-state index in [1.165, 1.54) is 16.9 Å². The summed E-state index contributed by atoms with van der Waals surface area (Å²) >= 11 is 1.37. The maximum Gasteiger partial charge on any atom is 0.230 e. The van der Waals surface area contributed by atoms with Crippen LogP contribution in [0.5, 0.6) is 0 Å². The van der Waals surface area contributed by atoms with E-state index in [1.54, 1.807) is 0 Å². The average Bonchev–Trinajstić information content (AvgIpc) is 3.37. The molecule has 2 aliphatic rings. The molecule has 1 heterocycles. The lowest BCUT2D eigenvalue weighted by molar-refractivity contribution is -0.314. The van der Waals surface area contributed by atoms with Gasteiger partial charge in [-0.15, -0.1) is 11.3 Å². The molecule has 0 spiro atoms. The maximum atomic E-state index is 12.7. The molecule has 0 aliphatic heterocycles. The average molecular weight is 383 g/mol. The number of hydrogen-bond donors (Lipinski definition) is 1. The van der Waals surface area contributed by atoms with Crippen LogP contribution in [0.1, 0.15) is 44.6 Å². The molecule has 1 N–H and O–H groups in total. The van der Waals surface area contributed by atoms with Crippen LogP contribution >= 0.6 is 11.3 Å². The van der Waals surface area contributed by atoms with Crippen LogP contribution in [-0.4, -0.2) is 16.9 Å². The fourth-order valence-electron chi connectivity index (χ4n) is 4.70. The number of nitrogens with zero attached hydrogens (tertiary/aromatic N) is 1. The monoisotopic (exact) mass is 383 g/mol. The molecule has 2 aromatic rings. The molecule has 2 bridgehead atoms. The molecular weight excluding hydrogens is 360 g/mol. The van der Waals surface area contributed by atoms with Gasteiger partial charge in [-0.1, -0.05) is 38.1 Å². The number of carboxylic acids is 1. The van der Waals surface area contributed by atoms with Gasteiger partial charge in [0.25, 0.3) is 0 Å². The van der Waals surface area contributed by atoms with Crippen molar-refractivity contribution in [1.82, 2.24) is 4.98 Å². The van der Waals surface area contributed by atoms with E-state index in [0.29, 0.717) is 11.0 Å². The molecule has 2 fully saturated rings. The normalized spacial score (nSPS) is 26.5. The highest BCUT2D eigenvalue weighted by atomic mass is 32.1. The molecule has 2 saturated carbocycles. The number of fused-ring (bicyclic) bond motifs is 2. The van der Waals surface area contributed by atoms with Gasteiger partial charge in [0.1, 0.15) is 0 Å². The van der Waals surface area contributed by atoms with Gasteiger partial charge in [0.05, 0.1) is 5.69 Å². The Hall–Kier alpha value is -2.21. The van der Waals surface area contributed by atoms with Crippen LogP contribution in [0.4, 0.5) is 5.13 Å². The lowest BCUT2D eigenvalue weighted by Crippen LogP contribution is -2.43. The predicted molar refractivity (Wildman–Crippen MR) is 103 cm³/mol. The van der Waals surface area contributed by atoms with Gasteiger partial charge in [-0.25, -0.2) is 4.98 Å². The van der Waals surface area contributed by atoms with E-state index in [4.69, 9.17) is 0 Å². The Morgan fingerprint density at radius 3 is 2.44 bits per heavy atom. The third-order valence-corrected chi connectivity index (χ3v) is 6.86. The smallest absolute Gasteiger partial charge is 0.230 e. The van der Waals surface area contributed by atoms with E-state index in [1.807, 2.05) is 17.5 Å².